The predicted molar refractivity (Wildman–Crippen MR) is 94.5 cm³/mol. The number of halogens is 1. The molecule has 0 spiro atoms. The summed E-state index contributed by atoms with van der Waals surface area (Å²) in [5.41, 5.74) is 3.20. The lowest BCUT2D eigenvalue weighted by Crippen LogP contribution is -2.24. The van der Waals surface area contributed by atoms with Crippen LogP contribution in [0.15, 0.2) is 30.3 Å². The Hall–Kier alpha value is -3.20. The van der Waals surface area contributed by atoms with Gasteiger partial charge in [0.15, 0.2) is 10.7 Å². The minimum Gasteiger partial charge on any atom is -0.358 e. The maximum atomic E-state index is 12.2. The zero-order valence-electron chi connectivity index (χ0n) is 14.0. The number of rotatable bonds is 5. The Morgan fingerprint density at radius 3 is 2.65 bits per heavy atom. The number of H-pyrrole nitrogens is 1. The fourth-order valence-corrected chi connectivity index (χ4v) is 2.83. The SMILES string of the molecule is Cc1nn(-c2ccccc2)c(C)c1CNC(=O)c1n[nH]c([N+](=O)[O-])c1Cl. The second-order valence-corrected chi connectivity index (χ2v) is 5.95. The van der Waals surface area contributed by atoms with Gasteiger partial charge in [-0.15, -0.1) is 5.10 Å². The van der Waals surface area contributed by atoms with Crippen LogP contribution in [0, 0.1) is 24.0 Å². The zero-order valence-corrected chi connectivity index (χ0v) is 14.7. The Balaban J connectivity index is 1.79. The number of hydrogen-bond acceptors (Lipinski definition) is 5. The predicted octanol–water partition coefficient (Wildman–Crippen LogP) is 2.70. The summed E-state index contributed by atoms with van der Waals surface area (Å²) >= 11 is 5.83. The number of nitrogens with one attached hydrogen (secondary N) is 2. The van der Waals surface area contributed by atoms with E-state index in [4.69, 9.17) is 11.6 Å². The molecule has 2 aromatic heterocycles. The molecule has 0 saturated heterocycles. The summed E-state index contributed by atoms with van der Waals surface area (Å²) < 4.78 is 1.79. The molecule has 134 valence electrons. The zero-order chi connectivity index (χ0) is 18.8. The number of aromatic amines is 1. The molecule has 1 amide bonds. The topological polar surface area (TPSA) is 119 Å². The lowest BCUT2D eigenvalue weighted by molar-refractivity contribution is -0.389. The van der Waals surface area contributed by atoms with E-state index >= 15 is 0 Å². The first-order valence-corrected chi connectivity index (χ1v) is 8.05. The molecule has 0 saturated carbocycles. The second-order valence-electron chi connectivity index (χ2n) is 5.57. The third-order valence-corrected chi connectivity index (χ3v) is 4.31. The quantitative estimate of drug-likeness (QED) is 0.525. The normalized spacial score (nSPS) is 10.7. The van der Waals surface area contributed by atoms with Crippen molar-refractivity contribution in [1.82, 2.24) is 25.3 Å². The van der Waals surface area contributed by atoms with Gasteiger partial charge in [-0.1, -0.05) is 34.9 Å². The van der Waals surface area contributed by atoms with E-state index in [0.717, 1.165) is 22.6 Å². The number of carbonyl (C=O) groups excluding carboxylic acids is 1. The molecule has 26 heavy (non-hydrogen) atoms. The molecular formula is C16H15ClN6O3. The van der Waals surface area contributed by atoms with E-state index in [1.807, 2.05) is 44.2 Å². The third kappa shape index (κ3) is 3.16. The maximum Gasteiger partial charge on any atom is 0.362 e. The van der Waals surface area contributed by atoms with E-state index in [1.165, 1.54) is 0 Å². The summed E-state index contributed by atoms with van der Waals surface area (Å²) in [4.78, 5) is 22.3. The molecular weight excluding hydrogens is 360 g/mol. The highest BCUT2D eigenvalue weighted by Crippen LogP contribution is 2.25. The molecule has 1 aromatic carbocycles. The van der Waals surface area contributed by atoms with Crippen LogP contribution in [0.25, 0.3) is 5.69 Å². The summed E-state index contributed by atoms with van der Waals surface area (Å²) in [7, 11) is 0. The molecule has 0 aliphatic carbocycles. The molecule has 0 atom stereocenters. The van der Waals surface area contributed by atoms with Gasteiger partial charge in [-0.2, -0.15) is 5.10 Å². The summed E-state index contributed by atoms with van der Waals surface area (Å²) in [6.07, 6.45) is 0. The van der Waals surface area contributed by atoms with Crippen molar-refractivity contribution in [3.63, 3.8) is 0 Å². The van der Waals surface area contributed by atoms with Gasteiger partial charge in [0.2, 0.25) is 0 Å². The largest absolute Gasteiger partial charge is 0.362 e. The van der Waals surface area contributed by atoms with Gasteiger partial charge in [-0.25, -0.2) is 4.68 Å². The molecule has 0 aliphatic rings. The molecule has 3 rings (SSSR count). The van der Waals surface area contributed by atoms with Gasteiger partial charge in [0.25, 0.3) is 5.91 Å². The number of para-hydroxylation sites is 1. The highest BCUT2D eigenvalue weighted by atomic mass is 35.5. The number of carbonyl (C=O) groups is 1. The Morgan fingerprint density at radius 1 is 1.35 bits per heavy atom. The first-order valence-electron chi connectivity index (χ1n) is 7.67. The monoisotopic (exact) mass is 374 g/mol. The molecule has 10 heteroatoms. The number of hydrogen-bond donors (Lipinski definition) is 2. The Labute approximate surface area is 153 Å². The van der Waals surface area contributed by atoms with E-state index < -0.39 is 16.6 Å². The molecule has 0 fully saturated rings. The van der Waals surface area contributed by atoms with E-state index in [2.05, 4.69) is 20.6 Å². The number of amides is 1. The van der Waals surface area contributed by atoms with Gasteiger partial charge in [0, 0.05) is 17.8 Å². The Morgan fingerprint density at radius 2 is 2.04 bits per heavy atom. The van der Waals surface area contributed by atoms with Crippen LogP contribution in [0.3, 0.4) is 0 Å². The standard InChI is InChI=1S/C16H15ClN6O3/c1-9-12(10(2)22(21-9)11-6-4-3-5-7-11)8-18-16(24)14-13(17)15(20-19-14)23(25)26/h3-7H,8H2,1-2H3,(H,18,24)(H,19,20). The number of nitro groups is 1. The van der Waals surface area contributed by atoms with Crippen LogP contribution in [-0.4, -0.2) is 30.8 Å². The van der Waals surface area contributed by atoms with Crippen molar-refractivity contribution >= 4 is 23.3 Å². The van der Waals surface area contributed by atoms with Crippen LogP contribution in [0.4, 0.5) is 5.82 Å². The summed E-state index contributed by atoms with van der Waals surface area (Å²) in [6.45, 7) is 3.95. The van der Waals surface area contributed by atoms with Crippen LogP contribution in [0.1, 0.15) is 27.4 Å². The van der Waals surface area contributed by atoms with Crippen molar-refractivity contribution < 1.29 is 9.72 Å². The van der Waals surface area contributed by atoms with Gasteiger partial charge in [-0.05, 0) is 30.9 Å². The van der Waals surface area contributed by atoms with Crippen LogP contribution < -0.4 is 5.32 Å². The lowest BCUT2D eigenvalue weighted by Gasteiger charge is -2.06. The molecule has 3 aromatic rings. The smallest absolute Gasteiger partial charge is 0.358 e. The average molecular weight is 375 g/mol. The van der Waals surface area contributed by atoms with Crippen molar-refractivity contribution in [2.45, 2.75) is 20.4 Å². The molecule has 2 heterocycles. The number of nitrogens with zero attached hydrogens (tertiary/aromatic N) is 4. The van der Waals surface area contributed by atoms with Crippen molar-refractivity contribution in [2.24, 2.45) is 0 Å². The van der Waals surface area contributed by atoms with E-state index in [1.54, 1.807) is 4.68 Å². The number of aryl methyl sites for hydroxylation is 1. The first-order chi connectivity index (χ1) is 12.4. The Kier molecular flexibility index (Phi) is 4.72. The van der Waals surface area contributed by atoms with Gasteiger partial charge in [0.1, 0.15) is 0 Å². The fraction of sp³-hybridized carbons (Fsp3) is 0.188. The van der Waals surface area contributed by atoms with Crippen molar-refractivity contribution in [1.29, 1.82) is 0 Å². The van der Waals surface area contributed by atoms with Gasteiger partial charge in [0.05, 0.1) is 11.4 Å². The summed E-state index contributed by atoms with van der Waals surface area (Å²) in [5.74, 6) is -1.12. The molecule has 0 bridgehead atoms. The molecule has 9 nitrogen and oxygen atoms in total. The van der Waals surface area contributed by atoms with E-state index in [0.29, 0.717) is 0 Å². The van der Waals surface area contributed by atoms with Crippen molar-refractivity contribution in [3.8, 4) is 5.69 Å². The summed E-state index contributed by atoms with van der Waals surface area (Å²) in [6, 6.07) is 9.62. The van der Waals surface area contributed by atoms with Gasteiger partial charge >= 0.3 is 5.82 Å². The van der Waals surface area contributed by atoms with Crippen molar-refractivity contribution in [2.75, 3.05) is 0 Å². The minimum atomic E-state index is -0.732. The first kappa shape index (κ1) is 17.6. The fourth-order valence-electron chi connectivity index (χ4n) is 2.59. The van der Waals surface area contributed by atoms with E-state index in [-0.39, 0.29) is 17.3 Å². The highest BCUT2D eigenvalue weighted by molar-refractivity contribution is 6.35. The van der Waals surface area contributed by atoms with Crippen LogP contribution >= 0.6 is 11.6 Å². The van der Waals surface area contributed by atoms with Gasteiger partial charge in [-0.3, -0.25) is 4.79 Å². The highest BCUT2D eigenvalue weighted by Gasteiger charge is 2.25. The lowest BCUT2D eigenvalue weighted by atomic mass is 10.2. The summed E-state index contributed by atoms with van der Waals surface area (Å²) in [5, 5.41) is 23.4. The van der Waals surface area contributed by atoms with Gasteiger partial charge < -0.3 is 15.4 Å². The molecule has 0 radical (unpaired) electrons. The number of benzene rings is 1. The minimum absolute atomic E-state index is 0.195. The van der Waals surface area contributed by atoms with Crippen LogP contribution in [0.2, 0.25) is 5.02 Å². The van der Waals surface area contributed by atoms with E-state index in [9.17, 15) is 14.9 Å². The Bertz CT molecular complexity index is 980. The van der Waals surface area contributed by atoms with Crippen molar-refractivity contribution in [3.05, 3.63) is 68.1 Å². The maximum absolute atomic E-state index is 12.2. The molecule has 0 aliphatic heterocycles. The third-order valence-electron chi connectivity index (χ3n) is 3.95. The molecule has 0 unspecified atom stereocenters. The average Bonchev–Trinajstić information content (AvgIpc) is 3.14. The second kappa shape index (κ2) is 6.96. The number of aromatic nitrogens is 4. The van der Waals surface area contributed by atoms with Crippen LogP contribution in [-0.2, 0) is 6.54 Å². The molecule has 2 N–H and O–H groups in total. The van der Waals surface area contributed by atoms with Crippen LogP contribution in [0.5, 0.6) is 0 Å².